The Balaban J connectivity index is 1.89. The molecule has 1 saturated carbocycles. The molecule has 1 heterocycles. The number of benzene rings is 2. The second-order valence-corrected chi connectivity index (χ2v) is 6.45. The van der Waals surface area contributed by atoms with Gasteiger partial charge in [-0.15, -0.1) is 0 Å². The average Bonchev–Trinajstić information content (AvgIpc) is 3.09. The number of fused-ring (bicyclic) bond motifs is 2. The number of carbonyl (C=O) groups is 2. The van der Waals surface area contributed by atoms with Gasteiger partial charge < -0.3 is 10.1 Å². The molecule has 5 heteroatoms. The van der Waals surface area contributed by atoms with E-state index in [9.17, 15) is 9.59 Å². The van der Waals surface area contributed by atoms with Gasteiger partial charge in [0.2, 0.25) is 5.91 Å². The van der Waals surface area contributed by atoms with Gasteiger partial charge >= 0.3 is 5.97 Å². The zero-order valence-corrected chi connectivity index (χ0v) is 13.2. The van der Waals surface area contributed by atoms with Gasteiger partial charge in [0.1, 0.15) is 5.41 Å². The van der Waals surface area contributed by atoms with Gasteiger partial charge in [0.25, 0.3) is 0 Å². The Hall–Kier alpha value is -2.33. The predicted octanol–water partition coefficient (Wildman–Crippen LogP) is 3.39. The second-order valence-electron chi connectivity index (χ2n) is 6.01. The maximum absolute atomic E-state index is 12.7. The van der Waals surface area contributed by atoms with E-state index in [1.807, 2.05) is 36.4 Å². The quantitative estimate of drug-likeness (QED) is 0.860. The third-order valence-corrected chi connectivity index (χ3v) is 4.98. The normalized spacial score (nSPS) is 27.5. The van der Waals surface area contributed by atoms with Crippen LogP contribution in [0.15, 0.2) is 48.5 Å². The highest BCUT2D eigenvalue weighted by Gasteiger charge is 2.79. The van der Waals surface area contributed by atoms with Gasteiger partial charge in [0.15, 0.2) is 5.60 Å². The van der Waals surface area contributed by atoms with Crippen LogP contribution in [0.3, 0.4) is 0 Å². The van der Waals surface area contributed by atoms with E-state index in [0.717, 1.165) is 16.8 Å². The number of rotatable bonds is 2. The maximum atomic E-state index is 12.7. The van der Waals surface area contributed by atoms with Crippen LogP contribution in [0.1, 0.15) is 24.5 Å². The van der Waals surface area contributed by atoms with Gasteiger partial charge in [-0.1, -0.05) is 41.9 Å². The van der Waals surface area contributed by atoms with Crippen molar-refractivity contribution in [3.05, 3.63) is 64.7 Å². The van der Waals surface area contributed by atoms with Crippen molar-refractivity contribution in [3.8, 4) is 0 Å². The third kappa shape index (κ3) is 1.78. The molecular formula is C18H14ClNO3. The lowest BCUT2D eigenvalue weighted by molar-refractivity contribution is -0.151. The molecule has 1 N–H and O–H groups in total. The fourth-order valence-corrected chi connectivity index (χ4v) is 3.84. The monoisotopic (exact) mass is 327 g/mol. The van der Waals surface area contributed by atoms with E-state index in [4.69, 9.17) is 16.3 Å². The van der Waals surface area contributed by atoms with E-state index in [1.165, 1.54) is 6.92 Å². The van der Waals surface area contributed by atoms with Gasteiger partial charge in [-0.2, -0.15) is 0 Å². The lowest BCUT2D eigenvalue weighted by atomic mass is 9.89. The van der Waals surface area contributed by atoms with Crippen LogP contribution in [0.25, 0.3) is 0 Å². The van der Waals surface area contributed by atoms with Crippen LogP contribution >= 0.6 is 11.6 Å². The van der Waals surface area contributed by atoms with Crippen molar-refractivity contribution in [2.45, 2.75) is 24.4 Å². The van der Waals surface area contributed by atoms with E-state index in [-0.39, 0.29) is 5.91 Å². The number of carbonyl (C=O) groups excluding carboxylic acids is 2. The van der Waals surface area contributed by atoms with Crippen molar-refractivity contribution in [2.75, 3.05) is 5.32 Å². The van der Waals surface area contributed by atoms with Gasteiger partial charge in [-0.05, 0) is 29.3 Å². The summed E-state index contributed by atoms with van der Waals surface area (Å²) in [4.78, 5) is 24.4. The van der Waals surface area contributed by atoms with Gasteiger partial charge in [0.05, 0.1) is 0 Å². The number of hydrogen-bond donors (Lipinski definition) is 1. The third-order valence-electron chi connectivity index (χ3n) is 4.73. The number of amides is 1. The van der Waals surface area contributed by atoms with Crippen molar-refractivity contribution in [2.24, 2.45) is 0 Å². The first kappa shape index (κ1) is 14.3. The molecule has 1 amide bonds. The highest BCUT2D eigenvalue weighted by molar-refractivity contribution is 6.30. The van der Waals surface area contributed by atoms with Crippen LogP contribution in [0.4, 0.5) is 5.69 Å². The zero-order chi connectivity index (χ0) is 16.2. The number of hydrogen-bond acceptors (Lipinski definition) is 3. The van der Waals surface area contributed by atoms with Crippen LogP contribution in [-0.2, 0) is 25.3 Å². The zero-order valence-electron chi connectivity index (χ0n) is 12.4. The van der Waals surface area contributed by atoms with Crippen LogP contribution in [-0.4, -0.2) is 11.9 Å². The predicted molar refractivity (Wildman–Crippen MR) is 86.3 cm³/mol. The second kappa shape index (κ2) is 4.59. The van der Waals surface area contributed by atoms with Crippen molar-refractivity contribution in [1.82, 2.24) is 0 Å². The van der Waals surface area contributed by atoms with E-state index < -0.39 is 17.0 Å². The van der Waals surface area contributed by atoms with Crippen LogP contribution in [0.5, 0.6) is 0 Å². The Morgan fingerprint density at radius 2 is 1.87 bits per heavy atom. The first-order valence-corrected chi connectivity index (χ1v) is 7.74. The lowest BCUT2D eigenvalue weighted by Crippen LogP contribution is -2.32. The van der Waals surface area contributed by atoms with Gasteiger partial charge in [-0.3, -0.25) is 9.59 Å². The fraction of sp³-hybridized carbons (Fsp3) is 0.222. The number of esters is 1. The minimum atomic E-state index is -0.972. The fourth-order valence-electron chi connectivity index (χ4n) is 3.72. The molecular weight excluding hydrogens is 314 g/mol. The summed E-state index contributed by atoms with van der Waals surface area (Å²) < 4.78 is 5.70. The molecule has 1 fully saturated rings. The van der Waals surface area contributed by atoms with E-state index >= 15 is 0 Å². The average molecular weight is 328 g/mol. The van der Waals surface area contributed by atoms with Gasteiger partial charge in [0, 0.05) is 24.1 Å². The molecule has 4 rings (SSSR count). The first-order chi connectivity index (χ1) is 11.0. The van der Waals surface area contributed by atoms with Gasteiger partial charge in [-0.25, -0.2) is 0 Å². The smallest absolute Gasteiger partial charge is 0.303 e. The SMILES string of the molecule is CC(=O)O[C@]1(c2ccc(Cl)cc2)C[C@]12C(=O)Nc1ccccc12. The highest BCUT2D eigenvalue weighted by Crippen LogP contribution is 2.69. The first-order valence-electron chi connectivity index (χ1n) is 7.36. The summed E-state index contributed by atoms with van der Waals surface area (Å²) in [7, 11) is 0. The molecule has 2 atom stereocenters. The highest BCUT2D eigenvalue weighted by atomic mass is 35.5. The molecule has 0 bridgehead atoms. The van der Waals surface area contributed by atoms with E-state index in [1.54, 1.807) is 12.1 Å². The minimum absolute atomic E-state index is 0.130. The number of halogens is 1. The Labute approximate surface area is 138 Å². The van der Waals surface area contributed by atoms with Crippen LogP contribution in [0.2, 0.25) is 5.02 Å². The number of para-hydroxylation sites is 1. The molecule has 2 aromatic rings. The molecule has 0 saturated heterocycles. The molecule has 1 spiro atoms. The van der Waals surface area contributed by atoms with Crippen LogP contribution < -0.4 is 5.32 Å². The standard InChI is InChI=1S/C18H14ClNO3/c1-11(21)23-18(12-6-8-13(19)9-7-12)10-17(18)14-4-2-3-5-15(14)20-16(17)22/h2-9H,10H2,1H3,(H,20,22)/t17-,18-/m0/s1. The molecule has 1 aliphatic heterocycles. The molecule has 2 aliphatic rings. The van der Waals surface area contributed by atoms with Crippen molar-refractivity contribution >= 4 is 29.2 Å². The molecule has 116 valence electrons. The summed E-state index contributed by atoms with van der Waals surface area (Å²) in [6.45, 7) is 1.36. The largest absolute Gasteiger partial charge is 0.453 e. The van der Waals surface area contributed by atoms with Crippen molar-refractivity contribution in [3.63, 3.8) is 0 Å². The molecule has 4 nitrogen and oxygen atoms in total. The summed E-state index contributed by atoms with van der Waals surface area (Å²) in [6.07, 6.45) is 0.435. The molecule has 0 radical (unpaired) electrons. The topological polar surface area (TPSA) is 55.4 Å². The van der Waals surface area contributed by atoms with E-state index in [2.05, 4.69) is 5.32 Å². The molecule has 0 unspecified atom stereocenters. The summed E-state index contributed by atoms with van der Waals surface area (Å²) in [6, 6.07) is 14.6. The summed E-state index contributed by atoms with van der Waals surface area (Å²) >= 11 is 5.96. The molecule has 1 aliphatic carbocycles. The summed E-state index contributed by atoms with van der Waals surface area (Å²) in [5.41, 5.74) is 0.606. The summed E-state index contributed by atoms with van der Waals surface area (Å²) in [5, 5.41) is 3.50. The van der Waals surface area contributed by atoms with Crippen molar-refractivity contribution < 1.29 is 14.3 Å². The minimum Gasteiger partial charge on any atom is -0.453 e. The molecule has 2 aromatic carbocycles. The Bertz CT molecular complexity index is 832. The Kier molecular flexibility index (Phi) is 2.85. The Morgan fingerprint density at radius 1 is 1.17 bits per heavy atom. The van der Waals surface area contributed by atoms with Crippen LogP contribution in [0, 0.1) is 0 Å². The number of anilines is 1. The number of nitrogens with one attached hydrogen (secondary N) is 1. The van der Waals surface area contributed by atoms with Crippen molar-refractivity contribution in [1.29, 1.82) is 0 Å². The lowest BCUT2D eigenvalue weighted by Gasteiger charge is -2.22. The molecule has 23 heavy (non-hydrogen) atoms. The van der Waals surface area contributed by atoms with E-state index in [0.29, 0.717) is 11.4 Å². The summed E-state index contributed by atoms with van der Waals surface area (Å²) in [5.74, 6) is -0.538. The molecule has 0 aromatic heterocycles. The maximum Gasteiger partial charge on any atom is 0.303 e. The Morgan fingerprint density at radius 3 is 2.57 bits per heavy atom. The number of ether oxygens (including phenoxy) is 1.